The molecule has 0 saturated carbocycles. The molecule has 0 spiro atoms. The Labute approximate surface area is 240 Å². The average molecular weight is 533 g/mol. The van der Waals surface area contributed by atoms with Crippen molar-refractivity contribution in [2.75, 3.05) is 0 Å². The lowest BCUT2D eigenvalue weighted by molar-refractivity contribution is 0.661. The summed E-state index contributed by atoms with van der Waals surface area (Å²) in [6, 6.07) is 33.3. The van der Waals surface area contributed by atoms with Gasteiger partial charge >= 0.3 is 0 Å². The van der Waals surface area contributed by atoms with Gasteiger partial charge in [-0.25, -0.2) is 9.98 Å². The first-order valence-corrected chi connectivity index (χ1v) is 14.1. The van der Waals surface area contributed by atoms with Crippen LogP contribution in [-0.4, -0.2) is 16.2 Å². The molecule has 5 aromatic rings. The monoisotopic (exact) mass is 532 g/mol. The summed E-state index contributed by atoms with van der Waals surface area (Å²) in [5, 5.41) is 1.26. The van der Waals surface area contributed by atoms with E-state index in [1.807, 2.05) is 60.7 Å². The third-order valence-corrected chi connectivity index (χ3v) is 8.47. The Balaban J connectivity index is 1.43. The van der Waals surface area contributed by atoms with Crippen molar-refractivity contribution in [2.45, 2.75) is 32.1 Å². The van der Waals surface area contributed by atoms with Crippen molar-refractivity contribution in [1.29, 1.82) is 0 Å². The number of aliphatic imine (C=N–C) groups is 2. The Morgan fingerprint density at radius 2 is 1.49 bits per heavy atom. The van der Waals surface area contributed by atoms with Crippen LogP contribution in [0, 0.1) is 0 Å². The minimum absolute atomic E-state index is 0.0974. The van der Waals surface area contributed by atoms with E-state index in [9.17, 15) is 0 Å². The van der Waals surface area contributed by atoms with Gasteiger partial charge in [-0.2, -0.15) is 0 Å². The number of rotatable bonds is 4. The smallest absolute Gasteiger partial charge is 0.163 e. The van der Waals surface area contributed by atoms with E-state index in [1.165, 1.54) is 33.2 Å². The minimum atomic E-state index is -0.0974. The predicted octanol–water partition coefficient (Wildman–Crippen LogP) is 8.19. The lowest BCUT2D eigenvalue weighted by Crippen LogP contribution is -2.16. The lowest BCUT2D eigenvalue weighted by Gasteiger charge is -2.21. The van der Waals surface area contributed by atoms with Crippen LogP contribution in [0.25, 0.3) is 33.9 Å². The van der Waals surface area contributed by atoms with Gasteiger partial charge in [0, 0.05) is 21.9 Å². The number of nitrogens with zero attached hydrogens (tertiary/aromatic N) is 3. The van der Waals surface area contributed by atoms with Crippen molar-refractivity contribution >= 4 is 34.5 Å². The molecule has 0 atom stereocenters. The molecule has 0 amide bonds. The highest BCUT2D eigenvalue weighted by Crippen LogP contribution is 2.51. The van der Waals surface area contributed by atoms with Crippen molar-refractivity contribution in [1.82, 2.24) is 4.57 Å². The number of hydrogen-bond donors (Lipinski definition) is 1. The van der Waals surface area contributed by atoms with Crippen molar-refractivity contribution in [3.05, 3.63) is 143 Å². The molecule has 0 fully saturated rings. The van der Waals surface area contributed by atoms with E-state index in [0.29, 0.717) is 17.5 Å². The van der Waals surface area contributed by atoms with Gasteiger partial charge in [-0.1, -0.05) is 111 Å². The van der Waals surface area contributed by atoms with Crippen LogP contribution in [0.2, 0.25) is 0 Å². The van der Waals surface area contributed by atoms with E-state index >= 15 is 0 Å². The highest BCUT2D eigenvalue weighted by molar-refractivity contribution is 6.12. The molecule has 2 N–H and O–H groups in total. The summed E-state index contributed by atoms with van der Waals surface area (Å²) in [5.74, 6) is 1.55. The molecule has 2 aliphatic rings. The van der Waals surface area contributed by atoms with Crippen LogP contribution in [0.5, 0.6) is 0 Å². The summed E-state index contributed by atoms with van der Waals surface area (Å²) in [7, 11) is 0. The number of benzene rings is 4. The molecule has 0 bridgehead atoms. The van der Waals surface area contributed by atoms with E-state index in [0.717, 1.165) is 35.2 Å². The van der Waals surface area contributed by atoms with E-state index in [-0.39, 0.29) is 5.41 Å². The quantitative estimate of drug-likeness (QED) is 0.184. The molecule has 0 aliphatic heterocycles. The van der Waals surface area contributed by atoms with Gasteiger partial charge in [-0.15, -0.1) is 0 Å². The van der Waals surface area contributed by atoms with E-state index in [1.54, 1.807) is 0 Å². The van der Waals surface area contributed by atoms with Crippen LogP contribution in [0.15, 0.2) is 120 Å². The SMILES string of the molecule is C=C(/N=C(\N=C(/N)c1ccccc1)c1ccccc1)n1c2c(c3cc4c(cc31)C(C)(C)c1ccccc1-4)CCC=C2. The van der Waals surface area contributed by atoms with Crippen LogP contribution in [0.3, 0.4) is 0 Å². The van der Waals surface area contributed by atoms with Gasteiger partial charge in [0.1, 0.15) is 11.7 Å². The second-order valence-electron chi connectivity index (χ2n) is 11.3. The fraction of sp³-hybridized carbons (Fsp3) is 0.135. The molecule has 7 rings (SSSR count). The number of hydrogen-bond acceptors (Lipinski definition) is 1. The molecular weight excluding hydrogens is 500 g/mol. The fourth-order valence-corrected chi connectivity index (χ4v) is 6.41. The van der Waals surface area contributed by atoms with Gasteiger partial charge in [0.25, 0.3) is 0 Å². The first-order valence-electron chi connectivity index (χ1n) is 14.1. The second kappa shape index (κ2) is 9.60. The largest absolute Gasteiger partial charge is 0.383 e. The molecular formula is C37H32N4. The first-order chi connectivity index (χ1) is 19.9. The van der Waals surface area contributed by atoms with Gasteiger partial charge < -0.3 is 5.73 Å². The third-order valence-electron chi connectivity index (χ3n) is 8.47. The molecule has 1 aromatic heterocycles. The van der Waals surface area contributed by atoms with Gasteiger partial charge in [0.15, 0.2) is 5.84 Å². The van der Waals surface area contributed by atoms with E-state index < -0.39 is 0 Å². The molecule has 41 heavy (non-hydrogen) atoms. The van der Waals surface area contributed by atoms with Gasteiger partial charge in [0.2, 0.25) is 0 Å². The Bertz CT molecular complexity index is 1920. The zero-order valence-corrected chi connectivity index (χ0v) is 23.4. The summed E-state index contributed by atoms with van der Waals surface area (Å²) >= 11 is 0. The minimum Gasteiger partial charge on any atom is -0.383 e. The van der Waals surface area contributed by atoms with Crippen molar-refractivity contribution in [3.63, 3.8) is 0 Å². The van der Waals surface area contributed by atoms with Crippen LogP contribution >= 0.6 is 0 Å². The van der Waals surface area contributed by atoms with Crippen molar-refractivity contribution in [2.24, 2.45) is 15.7 Å². The fourth-order valence-electron chi connectivity index (χ4n) is 6.41. The van der Waals surface area contributed by atoms with Gasteiger partial charge in [0.05, 0.1) is 11.2 Å². The summed E-state index contributed by atoms with van der Waals surface area (Å²) in [6.45, 7) is 9.14. The molecule has 0 saturated heterocycles. The summed E-state index contributed by atoms with van der Waals surface area (Å²) in [4.78, 5) is 9.89. The Hall–Kier alpha value is -4.96. The molecule has 200 valence electrons. The maximum absolute atomic E-state index is 6.48. The van der Waals surface area contributed by atoms with Crippen LogP contribution in [-0.2, 0) is 11.8 Å². The Morgan fingerprint density at radius 3 is 2.24 bits per heavy atom. The maximum atomic E-state index is 6.48. The van der Waals surface area contributed by atoms with E-state index in [2.05, 4.69) is 73.5 Å². The second-order valence-corrected chi connectivity index (χ2v) is 11.3. The van der Waals surface area contributed by atoms with Gasteiger partial charge in [-0.3, -0.25) is 4.57 Å². The maximum Gasteiger partial charge on any atom is 0.163 e. The average Bonchev–Trinajstić information content (AvgIpc) is 3.45. The number of aryl methyl sites for hydroxylation is 1. The third kappa shape index (κ3) is 4.06. The molecule has 4 aromatic carbocycles. The topological polar surface area (TPSA) is 55.7 Å². The summed E-state index contributed by atoms with van der Waals surface area (Å²) in [5.41, 5.74) is 17.1. The number of fused-ring (bicyclic) bond motifs is 6. The number of allylic oxidation sites excluding steroid dienone is 1. The molecule has 4 nitrogen and oxygen atoms in total. The van der Waals surface area contributed by atoms with Crippen LogP contribution in [0.4, 0.5) is 0 Å². The van der Waals surface area contributed by atoms with Crippen LogP contribution < -0.4 is 5.73 Å². The number of aromatic nitrogens is 1. The van der Waals surface area contributed by atoms with Crippen LogP contribution in [0.1, 0.15) is 53.8 Å². The predicted molar refractivity (Wildman–Crippen MR) is 172 cm³/mol. The molecule has 0 radical (unpaired) electrons. The molecule has 2 aliphatic carbocycles. The Morgan fingerprint density at radius 1 is 0.805 bits per heavy atom. The lowest BCUT2D eigenvalue weighted by atomic mass is 9.82. The number of nitrogens with two attached hydrogens (primary N) is 1. The zero-order valence-electron chi connectivity index (χ0n) is 23.4. The normalized spacial score (nSPS) is 15.5. The summed E-state index contributed by atoms with van der Waals surface area (Å²) < 4.78 is 2.21. The standard InChI is InChI=1S/C37H32N4/c1-24(39-36(26-16-8-5-9-17-26)40-35(38)25-14-6-4-7-15-25)41-33-21-13-11-19-28(33)30-22-29-27-18-10-12-20-31(27)37(2,3)32(29)23-34(30)41/h4-10,12-18,20-23H,1,11,19H2,2-3H3,(H2,38,39,40). The highest BCUT2D eigenvalue weighted by atomic mass is 15.1. The molecule has 1 heterocycles. The number of amidine groups is 2. The van der Waals surface area contributed by atoms with E-state index in [4.69, 9.17) is 15.7 Å². The molecule has 4 heteroatoms. The first kappa shape index (κ1) is 25.0. The van der Waals surface area contributed by atoms with Gasteiger partial charge in [-0.05, 0) is 58.9 Å². The zero-order chi connectivity index (χ0) is 28.1. The van der Waals surface area contributed by atoms with Crippen molar-refractivity contribution < 1.29 is 0 Å². The van der Waals surface area contributed by atoms with Crippen molar-refractivity contribution in [3.8, 4) is 11.1 Å². The summed E-state index contributed by atoms with van der Waals surface area (Å²) in [6.07, 6.45) is 6.47. The molecule has 0 unspecified atom stereocenters. The highest BCUT2D eigenvalue weighted by Gasteiger charge is 2.36. The Kier molecular flexibility index (Phi) is 5.86.